The third kappa shape index (κ3) is 3.92. The van der Waals surface area contributed by atoms with Gasteiger partial charge in [-0.05, 0) is 32.6 Å². The van der Waals surface area contributed by atoms with E-state index in [4.69, 9.17) is 16.3 Å². The third-order valence-corrected chi connectivity index (χ3v) is 6.69. The Balaban J connectivity index is 5.14. The first-order valence-corrected chi connectivity index (χ1v) is 8.57. The summed E-state index contributed by atoms with van der Waals surface area (Å²) < 4.78 is 28.5. The molecule has 0 saturated heterocycles. The van der Waals surface area contributed by atoms with Crippen LogP contribution in [0.15, 0.2) is 0 Å². The zero-order valence-electron chi connectivity index (χ0n) is 8.67. The van der Waals surface area contributed by atoms with E-state index >= 15 is 0 Å². The molecule has 0 radical (unpaired) electrons. The van der Waals surface area contributed by atoms with Crippen molar-refractivity contribution in [2.45, 2.75) is 26.8 Å². The van der Waals surface area contributed by atoms with E-state index in [1.807, 2.05) is 0 Å². The van der Waals surface area contributed by atoms with E-state index in [-0.39, 0.29) is 6.61 Å². The minimum atomic E-state index is -3.54. The van der Waals surface area contributed by atoms with Crippen LogP contribution in [-0.4, -0.2) is 36.3 Å². The van der Waals surface area contributed by atoms with E-state index < -0.39 is 22.7 Å². The largest absolute Gasteiger partial charge is 0.333 e. The molecule has 14 heavy (non-hydrogen) atoms. The van der Waals surface area contributed by atoms with Gasteiger partial charge in [-0.2, -0.15) is 0 Å². The summed E-state index contributed by atoms with van der Waals surface area (Å²) in [6.45, 7) is 1.71. The van der Waals surface area contributed by atoms with Crippen LogP contribution in [0.4, 0.5) is 0 Å². The summed E-state index contributed by atoms with van der Waals surface area (Å²) in [5, 5.41) is 0. The number of nitrogens with zero attached hydrogens (tertiary/aromatic N) is 1. The minimum absolute atomic E-state index is 0.187. The Hall–Kier alpha value is 0.480. The molecule has 0 aromatic rings. The Kier molecular flexibility index (Phi) is 5.18. The van der Waals surface area contributed by atoms with Crippen molar-refractivity contribution in [2.24, 2.45) is 0 Å². The molecule has 1 unspecified atom stereocenters. The fourth-order valence-corrected chi connectivity index (χ4v) is 6.50. The Morgan fingerprint density at radius 3 is 2.21 bits per heavy atom. The molecule has 0 spiro atoms. The highest BCUT2D eigenvalue weighted by atomic mass is 32.5. The van der Waals surface area contributed by atoms with Crippen LogP contribution in [0.25, 0.3) is 0 Å². The van der Waals surface area contributed by atoms with Crippen LogP contribution in [0.2, 0.25) is 0 Å². The van der Waals surface area contributed by atoms with Gasteiger partial charge in [-0.15, -0.1) is 4.08 Å². The molecule has 8 heteroatoms. The maximum absolute atomic E-state index is 11.3. The smallest absolute Gasteiger partial charge is 0.275 e. The molecule has 0 saturated carbocycles. The van der Waals surface area contributed by atoms with Gasteiger partial charge in [0.25, 0.3) is 6.64 Å². The number of hydrogen-bond donors (Lipinski definition) is 1. The molecule has 0 fully saturated rings. The standard InChI is InChI=1S/C6H16NO4PS2/c1-5-11-12(8,13)7(6(2)3)14(4,9)10/h6H,5H2,1-4H3,(H,8,13). The maximum Gasteiger partial charge on any atom is 0.275 e. The minimum Gasteiger partial charge on any atom is -0.333 e. The van der Waals surface area contributed by atoms with Crippen molar-refractivity contribution in [3.05, 3.63) is 0 Å². The predicted molar refractivity (Wildman–Crippen MR) is 59.9 cm³/mol. The zero-order valence-corrected chi connectivity index (χ0v) is 11.2. The highest BCUT2D eigenvalue weighted by Gasteiger charge is 2.34. The van der Waals surface area contributed by atoms with Gasteiger partial charge in [0.15, 0.2) is 0 Å². The number of sulfonamides is 1. The van der Waals surface area contributed by atoms with Gasteiger partial charge in [-0.25, -0.2) is 8.42 Å². The molecule has 0 aliphatic heterocycles. The summed E-state index contributed by atoms with van der Waals surface area (Å²) in [4.78, 5) is 9.73. The molecular formula is C6H16NO4PS2. The Morgan fingerprint density at radius 2 is 2.00 bits per heavy atom. The monoisotopic (exact) mass is 261 g/mol. The van der Waals surface area contributed by atoms with E-state index in [1.54, 1.807) is 20.8 Å². The second-order valence-electron chi connectivity index (χ2n) is 3.04. The first-order chi connectivity index (χ1) is 6.13. The van der Waals surface area contributed by atoms with Gasteiger partial charge in [0.2, 0.25) is 10.0 Å². The lowest BCUT2D eigenvalue weighted by atomic mass is 10.4. The van der Waals surface area contributed by atoms with E-state index in [2.05, 4.69) is 0 Å². The van der Waals surface area contributed by atoms with Crippen molar-refractivity contribution in [2.75, 3.05) is 12.9 Å². The SMILES string of the molecule is CCOP(O)(=S)N(C(C)C)S(C)(=O)=O. The summed E-state index contributed by atoms with van der Waals surface area (Å²) in [6.07, 6.45) is 1.00. The van der Waals surface area contributed by atoms with E-state index in [9.17, 15) is 13.3 Å². The van der Waals surface area contributed by atoms with Crippen molar-refractivity contribution >= 4 is 28.5 Å². The zero-order chi connectivity index (χ0) is 11.6. The summed E-state index contributed by atoms with van der Waals surface area (Å²) in [5.41, 5.74) is 0. The fraction of sp³-hybridized carbons (Fsp3) is 1.00. The lowest BCUT2D eigenvalue weighted by Gasteiger charge is -2.30. The quantitative estimate of drug-likeness (QED) is 0.745. The van der Waals surface area contributed by atoms with Crippen LogP contribution in [0.1, 0.15) is 20.8 Å². The van der Waals surface area contributed by atoms with Gasteiger partial charge < -0.3 is 9.42 Å². The van der Waals surface area contributed by atoms with E-state index in [0.717, 1.165) is 10.3 Å². The lowest BCUT2D eigenvalue weighted by molar-refractivity contribution is 0.286. The fourth-order valence-electron chi connectivity index (χ4n) is 1.09. The molecular weight excluding hydrogens is 245 g/mol. The summed E-state index contributed by atoms with van der Waals surface area (Å²) in [6, 6.07) is -0.410. The molecule has 1 N–H and O–H groups in total. The molecule has 0 aliphatic carbocycles. The molecule has 0 heterocycles. The topological polar surface area (TPSA) is 66.8 Å². The highest BCUT2D eigenvalue weighted by Crippen LogP contribution is 2.49. The van der Waals surface area contributed by atoms with Crippen LogP contribution in [0.5, 0.6) is 0 Å². The van der Waals surface area contributed by atoms with Crippen LogP contribution < -0.4 is 0 Å². The second-order valence-corrected chi connectivity index (χ2v) is 8.27. The van der Waals surface area contributed by atoms with E-state index in [1.165, 1.54) is 0 Å². The average molecular weight is 261 g/mol. The second kappa shape index (κ2) is 5.01. The normalized spacial score (nSPS) is 17.4. The van der Waals surface area contributed by atoms with Gasteiger partial charge in [0, 0.05) is 6.04 Å². The Morgan fingerprint density at radius 1 is 1.57 bits per heavy atom. The molecule has 0 aromatic heterocycles. The maximum atomic E-state index is 11.3. The first-order valence-electron chi connectivity index (χ1n) is 4.10. The Labute approximate surface area is 90.3 Å². The van der Waals surface area contributed by atoms with E-state index in [0.29, 0.717) is 0 Å². The molecule has 0 amide bonds. The molecule has 0 rings (SSSR count). The summed E-state index contributed by atoms with van der Waals surface area (Å²) >= 11 is 4.78. The lowest BCUT2D eigenvalue weighted by Crippen LogP contribution is -2.33. The molecule has 86 valence electrons. The number of rotatable bonds is 5. The molecule has 1 atom stereocenters. The average Bonchev–Trinajstić information content (AvgIpc) is 1.78. The van der Waals surface area contributed by atoms with Crippen LogP contribution in [-0.2, 0) is 26.4 Å². The van der Waals surface area contributed by atoms with Gasteiger partial charge >= 0.3 is 0 Å². The van der Waals surface area contributed by atoms with Gasteiger partial charge in [-0.3, -0.25) is 0 Å². The van der Waals surface area contributed by atoms with Crippen LogP contribution in [0.3, 0.4) is 0 Å². The Bertz CT molecular complexity index is 327. The molecule has 5 nitrogen and oxygen atoms in total. The first kappa shape index (κ1) is 14.5. The molecule has 0 aliphatic rings. The summed E-state index contributed by atoms with van der Waals surface area (Å²) in [7, 11) is -3.54. The summed E-state index contributed by atoms with van der Waals surface area (Å²) in [5.74, 6) is 0. The van der Waals surface area contributed by atoms with Crippen LogP contribution >= 0.6 is 6.64 Å². The van der Waals surface area contributed by atoms with Crippen LogP contribution in [0, 0.1) is 0 Å². The van der Waals surface area contributed by atoms with Gasteiger partial charge in [-0.1, -0.05) is 0 Å². The third-order valence-electron chi connectivity index (χ3n) is 1.33. The van der Waals surface area contributed by atoms with Crippen molar-refractivity contribution in [3.8, 4) is 0 Å². The number of hydrogen-bond acceptors (Lipinski definition) is 4. The van der Waals surface area contributed by atoms with Crippen molar-refractivity contribution in [1.29, 1.82) is 0 Å². The highest BCUT2D eigenvalue weighted by molar-refractivity contribution is 8.13. The predicted octanol–water partition coefficient (Wildman–Crippen LogP) is 0.910. The van der Waals surface area contributed by atoms with Crippen molar-refractivity contribution < 1.29 is 17.8 Å². The molecule has 0 bridgehead atoms. The van der Waals surface area contributed by atoms with Crippen molar-refractivity contribution in [1.82, 2.24) is 4.08 Å². The molecule has 0 aromatic carbocycles. The van der Waals surface area contributed by atoms with Gasteiger partial charge in [0.1, 0.15) is 0 Å². The van der Waals surface area contributed by atoms with Gasteiger partial charge in [0.05, 0.1) is 12.9 Å². The van der Waals surface area contributed by atoms with Crippen molar-refractivity contribution in [3.63, 3.8) is 0 Å².